The average molecular weight is 700 g/mol. The summed E-state index contributed by atoms with van der Waals surface area (Å²) in [4.78, 5) is 55.1. The van der Waals surface area contributed by atoms with E-state index in [1.165, 1.54) is 12.0 Å². The molecule has 4 rings (SSSR count). The number of benzene rings is 3. The van der Waals surface area contributed by atoms with Crippen LogP contribution < -0.4 is 15.5 Å². The minimum atomic E-state index is -1.11. The number of amides is 2. The molecule has 2 unspecified atom stereocenters. The number of ether oxygens (including phenoxy) is 3. The topological polar surface area (TPSA) is 123 Å². The van der Waals surface area contributed by atoms with E-state index in [1.807, 2.05) is 55.5 Å². The summed E-state index contributed by atoms with van der Waals surface area (Å²) in [6.07, 6.45) is 1.67. The van der Waals surface area contributed by atoms with Crippen molar-refractivity contribution in [3.8, 4) is 0 Å². The van der Waals surface area contributed by atoms with Crippen LogP contribution in [0.2, 0.25) is 5.02 Å². The van der Waals surface area contributed by atoms with Gasteiger partial charge in [-0.2, -0.15) is 0 Å². The fraction of sp³-hybridized carbons (Fsp3) is 0.282. The summed E-state index contributed by atoms with van der Waals surface area (Å²) in [7, 11) is 2.90. The molecule has 0 fully saturated rings. The molecule has 2 N–H and O–H groups in total. The van der Waals surface area contributed by atoms with Gasteiger partial charge in [0.2, 0.25) is 11.8 Å². The maximum Gasteiger partial charge on any atom is 0.336 e. The number of hydrogen-bond donors (Lipinski definition) is 2. The van der Waals surface area contributed by atoms with Crippen molar-refractivity contribution in [1.29, 1.82) is 0 Å². The second-order valence-corrected chi connectivity index (χ2v) is 11.9. The molecule has 0 aliphatic carbocycles. The molecule has 0 radical (unpaired) electrons. The van der Waals surface area contributed by atoms with Crippen LogP contribution in [-0.4, -0.2) is 64.3 Å². The molecule has 10 nitrogen and oxygen atoms in total. The number of allylic oxidation sites excluding steroid dienone is 2. The summed E-state index contributed by atoms with van der Waals surface area (Å²) in [5.74, 6) is -4.14. The first-order chi connectivity index (χ1) is 24.1. The lowest BCUT2D eigenvalue weighted by Gasteiger charge is -2.31. The number of carbonyl (C=O) groups excluding carboxylic acids is 4. The molecule has 1 aliphatic heterocycles. The Kier molecular flexibility index (Phi) is 13.5. The lowest BCUT2D eigenvalue weighted by molar-refractivity contribution is -0.139. The molecule has 0 spiro atoms. The van der Waals surface area contributed by atoms with E-state index in [1.54, 1.807) is 63.4 Å². The molecule has 0 saturated carbocycles. The van der Waals surface area contributed by atoms with Gasteiger partial charge in [0.15, 0.2) is 0 Å². The monoisotopic (exact) mass is 699 g/mol. The summed E-state index contributed by atoms with van der Waals surface area (Å²) in [5, 5.41) is 6.32. The van der Waals surface area contributed by atoms with E-state index in [0.29, 0.717) is 27.7 Å². The molecule has 50 heavy (non-hydrogen) atoms. The highest BCUT2D eigenvalue weighted by atomic mass is 35.5. The van der Waals surface area contributed by atoms with Crippen molar-refractivity contribution in [3.63, 3.8) is 0 Å². The third-order valence-electron chi connectivity index (χ3n) is 8.22. The van der Waals surface area contributed by atoms with Crippen molar-refractivity contribution < 1.29 is 33.4 Å². The largest absolute Gasteiger partial charge is 0.466 e. The first-order valence-corrected chi connectivity index (χ1v) is 16.6. The Morgan fingerprint density at radius 3 is 2.22 bits per heavy atom. The minimum Gasteiger partial charge on any atom is -0.466 e. The Morgan fingerprint density at radius 2 is 1.58 bits per heavy atom. The highest BCUT2D eigenvalue weighted by Gasteiger charge is 2.39. The van der Waals surface area contributed by atoms with E-state index < -0.39 is 35.6 Å². The lowest BCUT2D eigenvalue weighted by Crippen LogP contribution is -2.42. The van der Waals surface area contributed by atoms with Crippen LogP contribution in [0.5, 0.6) is 0 Å². The van der Waals surface area contributed by atoms with Crippen molar-refractivity contribution in [2.24, 2.45) is 5.92 Å². The SMILES string of the molecule is CCOC(=O)C1=C(COCCNC(=O)C(/C=C(\C)c2ccccc2)C(=O)N(C)c2ccccc2)NC(C)=C(C(=O)OC)C1c1ccccc1Cl. The number of nitrogens with one attached hydrogen (secondary N) is 2. The molecule has 0 aromatic heterocycles. The van der Waals surface area contributed by atoms with Gasteiger partial charge in [0, 0.05) is 30.0 Å². The van der Waals surface area contributed by atoms with Gasteiger partial charge >= 0.3 is 11.9 Å². The molecule has 3 aromatic rings. The van der Waals surface area contributed by atoms with Gasteiger partial charge in [-0.1, -0.05) is 84.4 Å². The van der Waals surface area contributed by atoms with Crippen LogP contribution in [0.4, 0.5) is 5.69 Å². The second-order valence-electron chi connectivity index (χ2n) is 11.5. The molecule has 0 saturated heterocycles. The van der Waals surface area contributed by atoms with Crippen LogP contribution >= 0.6 is 11.6 Å². The van der Waals surface area contributed by atoms with E-state index in [-0.39, 0.29) is 37.5 Å². The van der Waals surface area contributed by atoms with E-state index >= 15 is 0 Å². The van der Waals surface area contributed by atoms with Crippen LogP contribution in [0.3, 0.4) is 0 Å². The Hall–Kier alpha value is -5.19. The van der Waals surface area contributed by atoms with Gasteiger partial charge in [-0.05, 0) is 55.7 Å². The number of nitrogens with zero attached hydrogens (tertiary/aromatic N) is 1. The number of dihydropyridines is 1. The first-order valence-electron chi connectivity index (χ1n) is 16.2. The molecule has 11 heteroatoms. The Balaban J connectivity index is 1.53. The minimum absolute atomic E-state index is 0.0488. The van der Waals surface area contributed by atoms with Gasteiger partial charge in [0.1, 0.15) is 5.92 Å². The van der Waals surface area contributed by atoms with E-state index in [0.717, 1.165) is 11.1 Å². The number of halogens is 1. The highest BCUT2D eigenvalue weighted by molar-refractivity contribution is 6.31. The molecule has 3 aromatic carbocycles. The predicted octanol–water partition coefficient (Wildman–Crippen LogP) is 5.81. The quantitative estimate of drug-likeness (QED) is 0.123. The van der Waals surface area contributed by atoms with Gasteiger partial charge in [-0.3, -0.25) is 9.59 Å². The molecule has 1 heterocycles. The second kappa shape index (κ2) is 18.0. The van der Waals surface area contributed by atoms with Crippen molar-refractivity contribution in [2.45, 2.75) is 26.7 Å². The van der Waals surface area contributed by atoms with Crippen LogP contribution in [-0.2, 0) is 33.4 Å². The zero-order valence-corrected chi connectivity index (χ0v) is 29.6. The number of methoxy groups -OCH3 is 1. The van der Waals surface area contributed by atoms with Gasteiger partial charge in [0.05, 0.1) is 49.7 Å². The Morgan fingerprint density at radius 1 is 0.940 bits per heavy atom. The molecular formula is C39H42ClN3O7. The molecule has 1 aliphatic rings. The fourth-order valence-electron chi connectivity index (χ4n) is 5.69. The zero-order chi connectivity index (χ0) is 36.2. The predicted molar refractivity (Wildman–Crippen MR) is 193 cm³/mol. The Bertz CT molecular complexity index is 1790. The van der Waals surface area contributed by atoms with Crippen molar-refractivity contribution >= 4 is 46.6 Å². The summed E-state index contributed by atoms with van der Waals surface area (Å²) in [6, 6.07) is 25.6. The van der Waals surface area contributed by atoms with Crippen LogP contribution in [0.1, 0.15) is 37.8 Å². The third kappa shape index (κ3) is 9.07. The van der Waals surface area contributed by atoms with Crippen LogP contribution in [0.15, 0.2) is 114 Å². The molecule has 2 amide bonds. The number of carbonyl (C=O) groups is 4. The van der Waals surface area contributed by atoms with E-state index in [4.69, 9.17) is 25.8 Å². The van der Waals surface area contributed by atoms with E-state index in [2.05, 4.69) is 10.6 Å². The molecular weight excluding hydrogens is 658 g/mol. The standard InChI is InChI=1S/C39H42ClN3O7/c1-6-50-39(47)35-32(42-26(3)33(38(46)48-5)34(35)29-19-13-14-20-31(29)40)24-49-22-21-41-36(44)30(23-25(2)27-15-9-7-10-16-27)37(45)43(4)28-17-11-8-12-18-28/h7-20,23,30,34,42H,6,21-22,24H2,1-5H3,(H,41,44)/b25-23+. The normalized spacial score (nSPS) is 15.2. The summed E-state index contributed by atoms with van der Waals surface area (Å²) in [6.45, 7) is 5.40. The summed E-state index contributed by atoms with van der Waals surface area (Å²) in [5.41, 5.74) is 4.07. The van der Waals surface area contributed by atoms with Crippen LogP contribution in [0, 0.1) is 5.92 Å². The van der Waals surface area contributed by atoms with Crippen LogP contribution in [0.25, 0.3) is 5.57 Å². The maximum absolute atomic E-state index is 13.7. The summed E-state index contributed by atoms with van der Waals surface area (Å²) < 4.78 is 16.4. The fourth-order valence-corrected chi connectivity index (χ4v) is 5.93. The number of hydrogen-bond acceptors (Lipinski definition) is 8. The first kappa shape index (κ1) is 37.6. The van der Waals surface area contributed by atoms with Crippen molar-refractivity contribution in [1.82, 2.24) is 10.6 Å². The molecule has 2 atom stereocenters. The number of esters is 2. The third-order valence-corrected chi connectivity index (χ3v) is 8.57. The molecule has 0 bridgehead atoms. The van der Waals surface area contributed by atoms with Crippen molar-refractivity contribution in [2.75, 3.05) is 45.4 Å². The smallest absolute Gasteiger partial charge is 0.336 e. The number of anilines is 1. The van der Waals surface area contributed by atoms with Gasteiger partial charge < -0.3 is 29.7 Å². The Labute approximate surface area is 297 Å². The van der Waals surface area contributed by atoms with E-state index in [9.17, 15) is 19.2 Å². The average Bonchev–Trinajstić information content (AvgIpc) is 3.13. The van der Waals surface area contributed by atoms with Crippen molar-refractivity contribution in [3.05, 3.63) is 130 Å². The number of rotatable bonds is 14. The maximum atomic E-state index is 13.7. The van der Waals surface area contributed by atoms with Gasteiger partial charge in [-0.25, -0.2) is 9.59 Å². The number of para-hydroxylation sites is 1. The summed E-state index contributed by atoms with van der Waals surface area (Å²) >= 11 is 6.58. The zero-order valence-electron chi connectivity index (χ0n) is 28.8. The van der Waals surface area contributed by atoms with Gasteiger partial charge in [0.25, 0.3) is 0 Å². The lowest BCUT2D eigenvalue weighted by atomic mass is 9.80. The molecule has 262 valence electrons. The van der Waals surface area contributed by atoms with Gasteiger partial charge in [-0.15, -0.1) is 0 Å². The highest BCUT2D eigenvalue weighted by Crippen LogP contribution is 2.42.